The van der Waals surface area contributed by atoms with Gasteiger partial charge in [-0.15, -0.1) is 0 Å². The van der Waals surface area contributed by atoms with Crippen LogP contribution < -0.4 is 5.32 Å². The molecule has 0 fully saturated rings. The summed E-state index contributed by atoms with van der Waals surface area (Å²) in [5.41, 5.74) is 3.97. The molecule has 3 nitrogen and oxygen atoms in total. The maximum Gasteiger partial charge on any atom is 0.252 e. The molecule has 0 aliphatic carbocycles. The molecule has 4 rings (SSSR count). The Kier molecular flexibility index (Phi) is 2.47. The summed E-state index contributed by atoms with van der Waals surface area (Å²) in [5, 5.41) is 4.19. The molecule has 3 aromatic rings. The van der Waals surface area contributed by atoms with Gasteiger partial charge in [0, 0.05) is 32.7 Å². The van der Waals surface area contributed by atoms with Gasteiger partial charge in [-0.3, -0.25) is 4.79 Å². The van der Waals surface area contributed by atoms with Crippen LogP contribution in [0.1, 0.15) is 27.5 Å². The van der Waals surface area contributed by atoms with E-state index in [-0.39, 0.29) is 11.9 Å². The summed E-state index contributed by atoms with van der Waals surface area (Å²) in [7, 11) is 0. The van der Waals surface area contributed by atoms with E-state index in [1.54, 1.807) is 0 Å². The first-order chi connectivity index (χ1) is 9.74. The van der Waals surface area contributed by atoms with E-state index in [1.165, 1.54) is 0 Å². The molecule has 0 spiro atoms. The molecule has 4 heteroatoms. The zero-order chi connectivity index (χ0) is 13.7. The van der Waals surface area contributed by atoms with E-state index in [1.807, 2.05) is 42.6 Å². The number of rotatable bonds is 1. The van der Waals surface area contributed by atoms with E-state index in [2.05, 4.69) is 32.3 Å². The van der Waals surface area contributed by atoms with Crippen molar-refractivity contribution < 1.29 is 4.79 Å². The van der Waals surface area contributed by atoms with Gasteiger partial charge in [-0.05, 0) is 29.8 Å². The van der Waals surface area contributed by atoms with Crippen molar-refractivity contribution in [3.63, 3.8) is 0 Å². The number of aromatic amines is 1. The van der Waals surface area contributed by atoms with Crippen molar-refractivity contribution in [1.82, 2.24) is 10.3 Å². The van der Waals surface area contributed by atoms with Crippen molar-refractivity contribution in [2.24, 2.45) is 0 Å². The third-order valence-electron chi connectivity index (χ3n) is 3.78. The van der Waals surface area contributed by atoms with Gasteiger partial charge in [0.15, 0.2) is 0 Å². The number of hydrogen-bond acceptors (Lipinski definition) is 1. The highest BCUT2D eigenvalue weighted by Crippen LogP contribution is 2.35. The van der Waals surface area contributed by atoms with E-state index in [0.29, 0.717) is 0 Å². The number of nitrogens with one attached hydrogen (secondary N) is 2. The lowest BCUT2D eigenvalue weighted by Gasteiger charge is -2.11. The highest BCUT2D eigenvalue weighted by Gasteiger charge is 2.30. The minimum Gasteiger partial charge on any atom is -0.361 e. The molecule has 1 atom stereocenters. The van der Waals surface area contributed by atoms with Gasteiger partial charge in [0.1, 0.15) is 0 Å². The second-order valence-electron chi connectivity index (χ2n) is 4.93. The quantitative estimate of drug-likeness (QED) is 0.702. The smallest absolute Gasteiger partial charge is 0.252 e. The van der Waals surface area contributed by atoms with Crippen LogP contribution in [0.2, 0.25) is 0 Å². The Hall–Kier alpha value is -2.07. The van der Waals surface area contributed by atoms with Crippen molar-refractivity contribution in [2.45, 2.75) is 6.04 Å². The number of fused-ring (bicyclic) bond motifs is 2. The molecule has 0 saturated heterocycles. The Balaban J connectivity index is 1.93. The number of benzene rings is 2. The van der Waals surface area contributed by atoms with E-state index in [0.717, 1.165) is 32.1 Å². The van der Waals surface area contributed by atoms with Gasteiger partial charge >= 0.3 is 0 Å². The third kappa shape index (κ3) is 1.61. The zero-order valence-electron chi connectivity index (χ0n) is 10.5. The van der Waals surface area contributed by atoms with Crippen molar-refractivity contribution in [3.05, 3.63) is 69.8 Å². The normalized spacial score (nSPS) is 17.2. The first-order valence-corrected chi connectivity index (χ1v) is 7.19. The van der Waals surface area contributed by atoms with Crippen LogP contribution in [0.5, 0.6) is 0 Å². The topological polar surface area (TPSA) is 44.9 Å². The second-order valence-corrected chi connectivity index (χ2v) is 5.84. The van der Waals surface area contributed by atoms with Gasteiger partial charge in [-0.2, -0.15) is 0 Å². The van der Waals surface area contributed by atoms with E-state index in [4.69, 9.17) is 0 Å². The molecule has 1 aliphatic rings. The molecule has 2 aromatic carbocycles. The number of carbonyl (C=O) groups is 1. The first-order valence-electron chi connectivity index (χ1n) is 6.40. The van der Waals surface area contributed by atoms with E-state index < -0.39 is 0 Å². The fourth-order valence-corrected chi connectivity index (χ4v) is 3.20. The number of halogens is 1. The summed E-state index contributed by atoms with van der Waals surface area (Å²) >= 11 is 3.50. The molecule has 1 aromatic heterocycles. The molecular weight excluding hydrogens is 316 g/mol. The first kappa shape index (κ1) is 11.7. The van der Waals surface area contributed by atoms with Gasteiger partial charge in [-0.25, -0.2) is 0 Å². The Bertz CT molecular complexity index is 837. The monoisotopic (exact) mass is 326 g/mol. The number of carbonyl (C=O) groups excluding carboxylic acids is 1. The molecule has 20 heavy (non-hydrogen) atoms. The number of hydrogen-bond donors (Lipinski definition) is 2. The van der Waals surface area contributed by atoms with E-state index >= 15 is 0 Å². The summed E-state index contributed by atoms with van der Waals surface area (Å²) < 4.78 is 1.03. The lowest BCUT2D eigenvalue weighted by molar-refractivity contribution is 0.0960. The Morgan fingerprint density at radius 3 is 2.80 bits per heavy atom. The Morgan fingerprint density at radius 2 is 1.90 bits per heavy atom. The van der Waals surface area contributed by atoms with Crippen molar-refractivity contribution in [1.29, 1.82) is 0 Å². The summed E-state index contributed by atoms with van der Waals surface area (Å²) in [5.74, 6) is -0.00468. The number of amides is 1. The van der Waals surface area contributed by atoms with E-state index in [9.17, 15) is 4.79 Å². The summed E-state index contributed by atoms with van der Waals surface area (Å²) in [6.45, 7) is 0. The summed E-state index contributed by atoms with van der Waals surface area (Å²) in [4.78, 5) is 15.3. The average Bonchev–Trinajstić information content (AvgIpc) is 3.00. The highest BCUT2D eigenvalue weighted by molar-refractivity contribution is 9.10. The van der Waals surface area contributed by atoms with Crippen LogP contribution in [0.25, 0.3) is 10.9 Å². The van der Waals surface area contributed by atoms with Crippen molar-refractivity contribution >= 4 is 32.7 Å². The highest BCUT2D eigenvalue weighted by atomic mass is 79.9. The van der Waals surface area contributed by atoms with Crippen LogP contribution in [0.4, 0.5) is 0 Å². The molecule has 1 amide bonds. The number of aromatic nitrogens is 1. The Labute approximate surface area is 124 Å². The summed E-state index contributed by atoms with van der Waals surface area (Å²) in [6.07, 6.45) is 1.98. The molecule has 0 bridgehead atoms. The third-order valence-corrected chi connectivity index (χ3v) is 4.27. The lowest BCUT2D eigenvalue weighted by atomic mass is 9.98. The number of H-pyrrole nitrogens is 1. The average molecular weight is 327 g/mol. The standard InChI is InChI=1S/C16H11BrN2O/c17-9-5-6-14-12(7-9)13(8-18-14)15-10-3-1-2-4-11(10)16(20)19-15/h1-8,15,18H,(H,19,20). The molecule has 1 aliphatic heterocycles. The van der Waals surface area contributed by atoms with Crippen LogP contribution >= 0.6 is 15.9 Å². The van der Waals surface area contributed by atoms with Crippen LogP contribution in [-0.2, 0) is 0 Å². The largest absolute Gasteiger partial charge is 0.361 e. The molecular formula is C16H11BrN2O. The maximum absolute atomic E-state index is 12.0. The molecule has 2 N–H and O–H groups in total. The zero-order valence-corrected chi connectivity index (χ0v) is 12.1. The SMILES string of the molecule is O=C1NC(c2c[nH]c3ccc(Br)cc23)c2ccccc21. The van der Waals surface area contributed by atoms with Crippen LogP contribution in [0, 0.1) is 0 Å². The van der Waals surface area contributed by atoms with Gasteiger partial charge in [-0.1, -0.05) is 34.1 Å². The minimum absolute atomic E-state index is 0.00468. The molecule has 1 unspecified atom stereocenters. The molecule has 0 radical (unpaired) electrons. The van der Waals surface area contributed by atoms with Crippen molar-refractivity contribution in [3.8, 4) is 0 Å². The predicted molar refractivity (Wildman–Crippen MR) is 81.7 cm³/mol. The van der Waals surface area contributed by atoms with Crippen LogP contribution in [0.15, 0.2) is 53.1 Å². The van der Waals surface area contributed by atoms with Gasteiger partial charge in [0.2, 0.25) is 0 Å². The van der Waals surface area contributed by atoms with Crippen LogP contribution in [-0.4, -0.2) is 10.9 Å². The second kappa shape index (κ2) is 4.21. The fourth-order valence-electron chi connectivity index (χ4n) is 2.84. The van der Waals surface area contributed by atoms with Gasteiger partial charge < -0.3 is 10.3 Å². The van der Waals surface area contributed by atoms with Crippen LogP contribution in [0.3, 0.4) is 0 Å². The Morgan fingerprint density at radius 1 is 1.05 bits per heavy atom. The predicted octanol–water partition coefficient (Wildman–Crippen LogP) is 3.76. The minimum atomic E-state index is -0.0817. The summed E-state index contributed by atoms with van der Waals surface area (Å²) in [6, 6.07) is 13.8. The maximum atomic E-state index is 12.0. The van der Waals surface area contributed by atoms with Gasteiger partial charge in [0.05, 0.1) is 6.04 Å². The molecule has 2 heterocycles. The lowest BCUT2D eigenvalue weighted by Crippen LogP contribution is -2.19. The van der Waals surface area contributed by atoms with Gasteiger partial charge in [0.25, 0.3) is 5.91 Å². The molecule has 0 saturated carbocycles. The van der Waals surface area contributed by atoms with Crippen molar-refractivity contribution in [2.75, 3.05) is 0 Å². The molecule has 98 valence electrons. The fraction of sp³-hybridized carbons (Fsp3) is 0.0625.